The first kappa shape index (κ1) is 18.2. The average molecular weight is 372 g/mol. The van der Waals surface area contributed by atoms with Crippen molar-refractivity contribution in [3.63, 3.8) is 0 Å². The van der Waals surface area contributed by atoms with Crippen molar-refractivity contribution in [2.45, 2.75) is 19.3 Å². The summed E-state index contributed by atoms with van der Waals surface area (Å²) in [4.78, 5) is 13.8. The number of amides is 1. The molecule has 0 fully saturated rings. The first-order valence-corrected chi connectivity index (χ1v) is 6.93. The molecule has 2 rings (SSSR count). The summed E-state index contributed by atoms with van der Waals surface area (Å²) in [6, 6.07) is 1.90. The zero-order chi connectivity index (χ0) is 18.3. The molecule has 0 radical (unpaired) electrons. The molecule has 130 valence electrons. The number of hydrogen-bond donors (Lipinski definition) is 0. The van der Waals surface area contributed by atoms with Crippen LogP contribution in [0, 0.1) is 12.7 Å². The van der Waals surface area contributed by atoms with Crippen LogP contribution in [0.15, 0.2) is 29.4 Å². The monoisotopic (exact) mass is 372 g/mol. The van der Waals surface area contributed by atoms with Crippen LogP contribution in [0.2, 0.25) is 0 Å². The SMILES string of the molecule is Cc1cn(-c2ccc(F)c(C(F)(F)F)c2)c(=NC(=O)C(F)(F)F)s1. The van der Waals surface area contributed by atoms with E-state index in [1.165, 1.54) is 13.1 Å². The third-order valence-electron chi connectivity index (χ3n) is 2.74. The van der Waals surface area contributed by atoms with E-state index in [4.69, 9.17) is 0 Å². The number of nitrogens with zero attached hydrogens (tertiary/aromatic N) is 2. The van der Waals surface area contributed by atoms with Crippen LogP contribution >= 0.6 is 11.3 Å². The highest BCUT2D eigenvalue weighted by atomic mass is 32.1. The Labute approximate surface area is 133 Å². The van der Waals surface area contributed by atoms with Crippen molar-refractivity contribution < 1.29 is 35.5 Å². The van der Waals surface area contributed by atoms with Crippen LogP contribution in [0.3, 0.4) is 0 Å². The zero-order valence-electron chi connectivity index (χ0n) is 11.7. The summed E-state index contributed by atoms with van der Waals surface area (Å²) in [6.45, 7) is 1.46. The van der Waals surface area contributed by atoms with Crippen LogP contribution in [0.4, 0.5) is 30.7 Å². The number of carbonyl (C=O) groups excluding carboxylic acids is 1. The Morgan fingerprint density at radius 1 is 1.17 bits per heavy atom. The van der Waals surface area contributed by atoms with E-state index >= 15 is 0 Å². The molecule has 1 aromatic heterocycles. The van der Waals surface area contributed by atoms with Gasteiger partial charge in [-0.2, -0.15) is 31.3 Å². The van der Waals surface area contributed by atoms with E-state index in [0.717, 1.165) is 10.6 Å². The maximum absolute atomic E-state index is 13.3. The van der Waals surface area contributed by atoms with Gasteiger partial charge >= 0.3 is 18.3 Å². The Balaban J connectivity index is 2.64. The summed E-state index contributed by atoms with van der Waals surface area (Å²) in [7, 11) is 0. The number of aryl methyl sites for hydroxylation is 1. The topological polar surface area (TPSA) is 34.4 Å². The molecule has 1 amide bonds. The molecule has 3 nitrogen and oxygen atoms in total. The molecule has 0 spiro atoms. The highest BCUT2D eigenvalue weighted by Gasteiger charge is 2.39. The van der Waals surface area contributed by atoms with Crippen LogP contribution in [-0.4, -0.2) is 16.7 Å². The third kappa shape index (κ3) is 3.83. The van der Waals surface area contributed by atoms with Crippen LogP contribution in [0.25, 0.3) is 5.69 Å². The summed E-state index contributed by atoms with van der Waals surface area (Å²) < 4.78 is 89.3. The van der Waals surface area contributed by atoms with Gasteiger partial charge in [-0.1, -0.05) is 0 Å². The van der Waals surface area contributed by atoms with Crippen molar-refractivity contribution in [2.24, 2.45) is 4.99 Å². The van der Waals surface area contributed by atoms with E-state index < -0.39 is 34.4 Å². The van der Waals surface area contributed by atoms with Gasteiger partial charge in [-0.15, -0.1) is 11.3 Å². The molecule has 0 bridgehead atoms. The predicted octanol–water partition coefficient (Wildman–Crippen LogP) is 3.99. The van der Waals surface area contributed by atoms with Crippen molar-refractivity contribution in [3.8, 4) is 5.69 Å². The number of hydrogen-bond acceptors (Lipinski definition) is 2. The van der Waals surface area contributed by atoms with Gasteiger partial charge in [0.15, 0.2) is 4.80 Å². The molecule has 0 aliphatic heterocycles. The fourth-order valence-electron chi connectivity index (χ4n) is 1.75. The van der Waals surface area contributed by atoms with Crippen LogP contribution in [-0.2, 0) is 11.0 Å². The molecule has 1 heterocycles. The highest BCUT2D eigenvalue weighted by Crippen LogP contribution is 2.32. The number of aromatic nitrogens is 1. The lowest BCUT2D eigenvalue weighted by Gasteiger charge is -2.10. The lowest BCUT2D eigenvalue weighted by molar-refractivity contribution is -0.169. The number of benzene rings is 1. The number of alkyl halides is 6. The quantitative estimate of drug-likeness (QED) is 0.697. The second-order valence-electron chi connectivity index (χ2n) is 4.57. The maximum Gasteiger partial charge on any atom is 0.473 e. The van der Waals surface area contributed by atoms with Crippen molar-refractivity contribution in [3.05, 3.63) is 45.5 Å². The molecule has 1 aromatic carbocycles. The summed E-state index contributed by atoms with van der Waals surface area (Å²) in [6.07, 6.45) is -9.00. The molecule has 0 unspecified atom stereocenters. The minimum atomic E-state index is -5.21. The van der Waals surface area contributed by atoms with Gasteiger partial charge in [0.05, 0.1) is 5.56 Å². The summed E-state index contributed by atoms with van der Waals surface area (Å²) >= 11 is 0.672. The minimum absolute atomic E-state index is 0.276. The molecule has 2 aromatic rings. The Kier molecular flexibility index (Phi) is 4.57. The predicted molar refractivity (Wildman–Crippen MR) is 70.0 cm³/mol. The van der Waals surface area contributed by atoms with Crippen LogP contribution in [0.5, 0.6) is 0 Å². The first-order valence-electron chi connectivity index (χ1n) is 6.11. The standard InChI is InChI=1S/C13H7F7N2OS/c1-6-5-22(11(24-6)21-10(23)13(18,19)20)7-2-3-9(14)8(4-7)12(15,16)17/h2-5H,1H3. The summed E-state index contributed by atoms with van der Waals surface area (Å²) in [5.41, 5.74) is -1.86. The normalized spacial score (nSPS) is 13.4. The van der Waals surface area contributed by atoms with Crippen molar-refractivity contribution >= 4 is 17.2 Å². The van der Waals surface area contributed by atoms with Gasteiger partial charge in [0, 0.05) is 16.8 Å². The Hall–Kier alpha value is -2.17. The second kappa shape index (κ2) is 6.04. The Bertz CT molecular complexity index is 845. The molecule has 11 heteroatoms. The smallest absolute Gasteiger partial charge is 0.292 e. The van der Waals surface area contributed by atoms with Gasteiger partial charge in [-0.3, -0.25) is 9.36 Å². The van der Waals surface area contributed by atoms with Gasteiger partial charge in [0.1, 0.15) is 5.82 Å². The molecule has 0 saturated heterocycles. The first-order chi connectivity index (χ1) is 10.9. The molecule has 0 aliphatic rings. The van der Waals surface area contributed by atoms with E-state index in [-0.39, 0.29) is 5.69 Å². The Morgan fingerprint density at radius 3 is 2.33 bits per heavy atom. The number of rotatable bonds is 1. The molecule has 24 heavy (non-hydrogen) atoms. The van der Waals surface area contributed by atoms with Gasteiger partial charge in [-0.25, -0.2) is 4.39 Å². The van der Waals surface area contributed by atoms with Crippen molar-refractivity contribution in [1.82, 2.24) is 4.57 Å². The fourth-order valence-corrected chi connectivity index (χ4v) is 2.58. The molecule has 0 saturated carbocycles. The van der Waals surface area contributed by atoms with E-state index in [1.807, 2.05) is 0 Å². The molecule has 0 atom stereocenters. The van der Waals surface area contributed by atoms with Crippen molar-refractivity contribution in [1.29, 1.82) is 0 Å². The van der Waals surface area contributed by atoms with E-state index in [9.17, 15) is 35.5 Å². The molecular weight excluding hydrogens is 365 g/mol. The molecule has 0 N–H and O–H groups in total. The van der Waals surface area contributed by atoms with E-state index in [0.29, 0.717) is 28.3 Å². The number of carbonyl (C=O) groups is 1. The van der Waals surface area contributed by atoms with E-state index in [1.54, 1.807) is 0 Å². The second-order valence-corrected chi connectivity index (χ2v) is 5.78. The lowest BCUT2D eigenvalue weighted by Crippen LogP contribution is -2.25. The minimum Gasteiger partial charge on any atom is -0.292 e. The van der Waals surface area contributed by atoms with Gasteiger partial charge < -0.3 is 0 Å². The average Bonchev–Trinajstić information content (AvgIpc) is 2.77. The van der Waals surface area contributed by atoms with Crippen LogP contribution in [0.1, 0.15) is 10.4 Å². The maximum atomic E-state index is 13.3. The van der Waals surface area contributed by atoms with E-state index in [2.05, 4.69) is 4.99 Å². The van der Waals surface area contributed by atoms with Crippen LogP contribution < -0.4 is 4.80 Å². The fraction of sp³-hybridized carbons (Fsp3) is 0.231. The largest absolute Gasteiger partial charge is 0.473 e. The Morgan fingerprint density at radius 2 is 1.79 bits per heavy atom. The van der Waals surface area contributed by atoms with Crippen molar-refractivity contribution in [2.75, 3.05) is 0 Å². The molecule has 0 aliphatic carbocycles. The third-order valence-corrected chi connectivity index (χ3v) is 3.64. The van der Waals surface area contributed by atoms with Gasteiger partial charge in [0.2, 0.25) is 0 Å². The summed E-state index contributed by atoms with van der Waals surface area (Å²) in [5.74, 6) is -3.92. The highest BCUT2D eigenvalue weighted by molar-refractivity contribution is 7.09. The number of halogens is 7. The summed E-state index contributed by atoms with van der Waals surface area (Å²) in [5, 5.41) is 0. The van der Waals surface area contributed by atoms with Gasteiger partial charge in [0.25, 0.3) is 0 Å². The lowest BCUT2D eigenvalue weighted by atomic mass is 10.2. The molecular formula is C13H7F7N2OS. The number of thiazole rings is 1. The van der Waals surface area contributed by atoms with Gasteiger partial charge in [-0.05, 0) is 25.1 Å². The zero-order valence-corrected chi connectivity index (χ0v) is 12.5.